The molecule has 0 saturated carbocycles. The first-order valence-electron chi connectivity index (χ1n) is 6.36. The summed E-state index contributed by atoms with van der Waals surface area (Å²) in [5, 5.41) is 0. The number of hydrogen-bond donors (Lipinski definition) is 1. The average molecular weight is 300 g/mol. The summed E-state index contributed by atoms with van der Waals surface area (Å²) in [5.74, 6) is 0.346. The Morgan fingerprint density at radius 1 is 1.10 bits per heavy atom. The Bertz CT molecular complexity index is 685. The summed E-state index contributed by atoms with van der Waals surface area (Å²) in [6.45, 7) is 0. The SMILES string of the molecule is COc1ccccc1C(=O)N(C)c1ccccc1C(N)=S. The summed E-state index contributed by atoms with van der Waals surface area (Å²) in [4.78, 5) is 14.4. The van der Waals surface area contributed by atoms with Crippen LogP contribution < -0.4 is 15.4 Å². The highest BCUT2D eigenvalue weighted by molar-refractivity contribution is 7.80. The zero-order valence-electron chi connectivity index (χ0n) is 11.9. The van der Waals surface area contributed by atoms with E-state index in [9.17, 15) is 4.79 Å². The summed E-state index contributed by atoms with van der Waals surface area (Å²) in [6, 6.07) is 14.4. The van der Waals surface area contributed by atoms with Crippen molar-refractivity contribution < 1.29 is 9.53 Å². The zero-order chi connectivity index (χ0) is 15.4. The lowest BCUT2D eigenvalue weighted by Crippen LogP contribution is -2.29. The Kier molecular flexibility index (Phi) is 4.55. The molecule has 0 bridgehead atoms. The van der Waals surface area contributed by atoms with Gasteiger partial charge in [-0.1, -0.05) is 36.5 Å². The van der Waals surface area contributed by atoms with Gasteiger partial charge in [0.1, 0.15) is 10.7 Å². The normalized spacial score (nSPS) is 10.0. The van der Waals surface area contributed by atoms with Crippen molar-refractivity contribution >= 4 is 28.8 Å². The molecule has 2 aromatic carbocycles. The van der Waals surface area contributed by atoms with E-state index in [4.69, 9.17) is 22.7 Å². The third kappa shape index (κ3) is 3.03. The third-order valence-corrected chi connectivity index (χ3v) is 3.39. The van der Waals surface area contributed by atoms with Crippen molar-refractivity contribution in [3.05, 3.63) is 59.7 Å². The molecule has 0 aliphatic rings. The Morgan fingerprint density at radius 3 is 2.29 bits per heavy atom. The third-order valence-electron chi connectivity index (χ3n) is 3.17. The van der Waals surface area contributed by atoms with Crippen LogP contribution in [0.3, 0.4) is 0 Å². The molecule has 0 fully saturated rings. The van der Waals surface area contributed by atoms with E-state index in [0.717, 1.165) is 0 Å². The summed E-state index contributed by atoms with van der Waals surface area (Å²) in [5.41, 5.74) is 7.53. The number of benzene rings is 2. The molecule has 0 radical (unpaired) electrons. The Labute approximate surface area is 129 Å². The highest BCUT2D eigenvalue weighted by Gasteiger charge is 2.19. The number of amides is 1. The topological polar surface area (TPSA) is 55.6 Å². The highest BCUT2D eigenvalue weighted by atomic mass is 32.1. The fourth-order valence-corrected chi connectivity index (χ4v) is 2.26. The number of anilines is 1. The van der Waals surface area contributed by atoms with Crippen LogP contribution in [0, 0.1) is 0 Å². The molecule has 2 aromatic rings. The van der Waals surface area contributed by atoms with E-state index in [0.29, 0.717) is 22.6 Å². The molecule has 0 spiro atoms. The molecule has 0 heterocycles. The van der Waals surface area contributed by atoms with Crippen LogP contribution in [0.4, 0.5) is 5.69 Å². The average Bonchev–Trinajstić information content (AvgIpc) is 2.53. The maximum absolute atomic E-state index is 12.7. The minimum absolute atomic E-state index is 0.184. The number of ether oxygens (including phenoxy) is 1. The largest absolute Gasteiger partial charge is 0.496 e. The molecule has 0 atom stereocenters. The molecule has 1 amide bonds. The van der Waals surface area contributed by atoms with Gasteiger partial charge in [-0.05, 0) is 24.3 Å². The molecular formula is C16H16N2O2S. The molecular weight excluding hydrogens is 284 g/mol. The van der Waals surface area contributed by atoms with Gasteiger partial charge >= 0.3 is 0 Å². The second-order valence-corrected chi connectivity index (χ2v) is 4.89. The van der Waals surface area contributed by atoms with E-state index < -0.39 is 0 Å². The summed E-state index contributed by atoms with van der Waals surface area (Å²) >= 11 is 5.04. The predicted molar refractivity (Wildman–Crippen MR) is 88.1 cm³/mol. The van der Waals surface area contributed by atoms with E-state index in [1.165, 1.54) is 12.0 Å². The zero-order valence-corrected chi connectivity index (χ0v) is 12.7. The number of methoxy groups -OCH3 is 1. The Morgan fingerprint density at radius 2 is 1.67 bits per heavy atom. The molecule has 21 heavy (non-hydrogen) atoms. The van der Waals surface area contributed by atoms with E-state index in [-0.39, 0.29) is 10.9 Å². The molecule has 108 valence electrons. The van der Waals surface area contributed by atoms with Gasteiger partial charge in [0.05, 0.1) is 18.4 Å². The Hall–Kier alpha value is -2.40. The summed E-state index contributed by atoms with van der Waals surface area (Å²) < 4.78 is 5.23. The van der Waals surface area contributed by atoms with Gasteiger partial charge in [0.25, 0.3) is 5.91 Å². The molecule has 0 unspecified atom stereocenters. The number of carbonyl (C=O) groups is 1. The summed E-state index contributed by atoms with van der Waals surface area (Å²) in [7, 11) is 3.22. The molecule has 2 N–H and O–H groups in total. The molecule has 0 aliphatic carbocycles. The van der Waals surface area contributed by atoms with Crippen molar-refractivity contribution in [1.82, 2.24) is 0 Å². The van der Waals surface area contributed by atoms with Gasteiger partial charge in [-0.3, -0.25) is 4.79 Å². The van der Waals surface area contributed by atoms with Crippen LogP contribution in [0.15, 0.2) is 48.5 Å². The van der Waals surface area contributed by atoms with E-state index in [1.54, 1.807) is 31.3 Å². The van der Waals surface area contributed by atoms with Crippen molar-refractivity contribution in [1.29, 1.82) is 0 Å². The minimum Gasteiger partial charge on any atom is -0.496 e. The number of nitrogens with zero attached hydrogens (tertiary/aromatic N) is 1. The van der Waals surface area contributed by atoms with Crippen LogP contribution in [-0.4, -0.2) is 25.1 Å². The number of carbonyl (C=O) groups excluding carboxylic acids is 1. The van der Waals surface area contributed by atoms with Crippen molar-refractivity contribution in [2.75, 3.05) is 19.1 Å². The van der Waals surface area contributed by atoms with Gasteiger partial charge < -0.3 is 15.4 Å². The lowest BCUT2D eigenvalue weighted by Gasteiger charge is -2.21. The van der Waals surface area contributed by atoms with E-state index >= 15 is 0 Å². The minimum atomic E-state index is -0.184. The number of nitrogens with two attached hydrogens (primary N) is 1. The number of thiocarbonyl (C=S) groups is 1. The van der Waals surface area contributed by atoms with Crippen LogP contribution in [0.1, 0.15) is 15.9 Å². The quantitative estimate of drug-likeness (QED) is 0.882. The molecule has 5 heteroatoms. The predicted octanol–water partition coefficient (Wildman–Crippen LogP) is 2.61. The maximum atomic E-state index is 12.7. The number of rotatable bonds is 4. The lowest BCUT2D eigenvalue weighted by molar-refractivity contribution is 0.0990. The first-order valence-corrected chi connectivity index (χ1v) is 6.77. The first kappa shape index (κ1) is 15.0. The summed E-state index contributed by atoms with van der Waals surface area (Å²) in [6.07, 6.45) is 0. The van der Waals surface area contributed by atoms with Crippen LogP contribution in [-0.2, 0) is 0 Å². The second-order valence-electron chi connectivity index (χ2n) is 4.45. The van der Waals surface area contributed by atoms with Crippen molar-refractivity contribution in [2.45, 2.75) is 0 Å². The smallest absolute Gasteiger partial charge is 0.261 e. The van der Waals surface area contributed by atoms with Crippen molar-refractivity contribution in [3.8, 4) is 5.75 Å². The van der Waals surface area contributed by atoms with Crippen molar-refractivity contribution in [3.63, 3.8) is 0 Å². The molecule has 4 nitrogen and oxygen atoms in total. The molecule has 0 aromatic heterocycles. The molecule has 2 rings (SSSR count). The molecule has 0 saturated heterocycles. The fourth-order valence-electron chi connectivity index (χ4n) is 2.09. The fraction of sp³-hybridized carbons (Fsp3) is 0.125. The van der Waals surface area contributed by atoms with Crippen LogP contribution >= 0.6 is 12.2 Å². The van der Waals surface area contributed by atoms with E-state index in [2.05, 4.69) is 0 Å². The number of hydrogen-bond acceptors (Lipinski definition) is 3. The van der Waals surface area contributed by atoms with Crippen LogP contribution in [0.25, 0.3) is 0 Å². The van der Waals surface area contributed by atoms with Gasteiger partial charge in [-0.15, -0.1) is 0 Å². The van der Waals surface area contributed by atoms with E-state index in [1.807, 2.05) is 24.3 Å². The number of para-hydroxylation sites is 2. The van der Waals surface area contributed by atoms with Gasteiger partial charge in [-0.25, -0.2) is 0 Å². The maximum Gasteiger partial charge on any atom is 0.261 e. The first-order chi connectivity index (χ1) is 10.1. The monoisotopic (exact) mass is 300 g/mol. The van der Waals surface area contributed by atoms with Gasteiger partial charge in [-0.2, -0.15) is 0 Å². The standard InChI is InChI=1S/C16H16N2O2S/c1-18(13-9-5-3-7-11(13)15(17)21)16(19)12-8-4-6-10-14(12)20-2/h3-10H,1-2H3,(H2,17,21). The Balaban J connectivity index is 2.43. The van der Waals surface area contributed by atoms with Crippen LogP contribution in [0.5, 0.6) is 5.75 Å². The highest BCUT2D eigenvalue weighted by Crippen LogP contribution is 2.24. The van der Waals surface area contributed by atoms with Gasteiger partial charge in [0, 0.05) is 12.6 Å². The van der Waals surface area contributed by atoms with Crippen LogP contribution in [0.2, 0.25) is 0 Å². The van der Waals surface area contributed by atoms with Crippen molar-refractivity contribution in [2.24, 2.45) is 5.73 Å². The lowest BCUT2D eigenvalue weighted by atomic mass is 10.1. The van der Waals surface area contributed by atoms with Gasteiger partial charge in [0.15, 0.2) is 0 Å². The second kappa shape index (κ2) is 6.37. The van der Waals surface area contributed by atoms with Gasteiger partial charge in [0.2, 0.25) is 0 Å². The molecule has 0 aliphatic heterocycles.